The van der Waals surface area contributed by atoms with Crippen molar-refractivity contribution >= 4 is 5.71 Å². The summed E-state index contributed by atoms with van der Waals surface area (Å²) in [6.07, 6.45) is 7.02. The maximum Gasteiger partial charge on any atom is 0.291 e. The predicted molar refractivity (Wildman–Crippen MR) is 39.8 cm³/mol. The molecule has 0 spiro atoms. The highest BCUT2D eigenvalue weighted by Crippen LogP contribution is 2.10. The van der Waals surface area contributed by atoms with Crippen molar-refractivity contribution in [2.24, 2.45) is 0 Å². The molecule has 0 bridgehead atoms. The third-order valence-electron chi connectivity index (χ3n) is 1.63. The van der Waals surface area contributed by atoms with Crippen LogP contribution in [0.3, 0.4) is 0 Å². The molecular weight excluding hydrogens is 126 g/mol. The second kappa shape index (κ2) is 2.29. The minimum atomic E-state index is 0.739. The Hall–Kier alpha value is -1.05. The van der Waals surface area contributed by atoms with E-state index in [0.29, 0.717) is 0 Å². The maximum absolute atomic E-state index is 5.36. The summed E-state index contributed by atoms with van der Waals surface area (Å²) in [5.41, 5.74) is 1.11. The monoisotopic (exact) mass is 135 g/mol. The lowest BCUT2D eigenvalue weighted by Gasteiger charge is -2.09. The molecule has 0 aromatic heterocycles. The van der Waals surface area contributed by atoms with Crippen LogP contribution in [0.1, 0.15) is 6.42 Å². The van der Waals surface area contributed by atoms with Gasteiger partial charge in [0.05, 0.1) is 6.42 Å². The summed E-state index contributed by atoms with van der Waals surface area (Å²) in [5, 5.41) is 0. The summed E-state index contributed by atoms with van der Waals surface area (Å²) < 4.78 is 5.36. The molecule has 1 aliphatic carbocycles. The number of allylic oxidation sites excluding steroid dienone is 4. The van der Waals surface area contributed by atoms with E-state index < -0.39 is 0 Å². The number of aliphatic imine (C=N–C) groups is 1. The van der Waals surface area contributed by atoms with E-state index in [4.69, 9.17) is 4.74 Å². The first kappa shape index (κ1) is 5.71. The second-order valence-corrected chi connectivity index (χ2v) is 2.34. The predicted octanol–water partition coefficient (Wildman–Crippen LogP) is 0.637. The zero-order chi connectivity index (χ0) is 6.81. The Kier molecular flexibility index (Phi) is 1.31. The van der Waals surface area contributed by atoms with Crippen molar-refractivity contribution < 1.29 is 4.74 Å². The minimum Gasteiger partial charge on any atom is -0.480 e. The Balaban J connectivity index is 2.32. The van der Waals surface area contributed by atoms with Crippen LogP contribution in [-0.4, -0.2) is 18.9 Å². The summed E-state index contributed by atoms with van der Waals surface area (Å²) in [5.74, 6) is 0.966. The Morgan fingerprint density at radius 2 is 2.50 bits per heavy atom. The van der Waals surface area contributed by atoms with Gasteiger partial charge in [0, 0.05) is 4.99 Å². The lowest BCUT2D eigenvalue weighted by molar-refractivity contribution is 0.225. The molecule has 2 aliphatic rings. The van der Waals surface area contributed by atoms with E-state index in [2.05, 4.69) is 11.1 Å². The van der Waals surface area contributed by atoms with Crippen molar-refractivity contribution in [2.75, 3.05) is 13.2 Å². The van der Waals surface area contributed by atoms with Crippen LogP contribution >= 0.6 is 0 Å². The maximum atomic E-state index is 5.36. The highest BCUT2D eigenvalue weighted by molar-refractivity contribution is 6.00. The summed E-state index contributed by atoms with van der Waals surface area (Å²) >= 11 is 0. The summed E-state index contributed by atoms with van der Waals surface area (Å²) in [6.45, 7) is 1.56. The van der Waals surface area contributed by atoms with E-state index in [1.54, 1.807) is 0 Å². The molecule has 0 aromatic rings. The van der Waals surface area contributed by atoms with Crippen LogP contribution < -0.4 is 4.99 Å². The van der Waals surface area contributed by atoms with Crippen LogP contribution in [-0.2, 0) is 4.74 Å². The first-order valence-electron chi connectivity index (χ1n) is 3.50. The van der Waals surface area contributed by atoms with Gasteiger partial charge in [-0.3, -0.25) is 0 Å². The van der Waals surface area contributed by atoms with Crippen molar-refractivity contribution in [3.8, 4) is 0 Å². The molecule has 0 amide bonds. The molecule has 0 saturated carbocycles. The Bertz CT molecular complexity index is 225. The molecule has 1 aliphatic heterocycles. The Labute approximate surface area is 59.9 Å². The van der Waals surface area contributed by atoms with Crippen LogP contribution in [0.5, 0.6) is 0 Å². The third kappa shape index (κ3) is 0.856. The quantitative estimate of drug-likeness (QED) is 0.478. The van der Waals surface area contributed by atoms with Gasteiger partial charge in [-0.2, -0.15) is 0 Å². The van der Waals surface area contributed by atoms with Gasteiger partial charge in [-0.25, -0.2) is 0 Å². The molecular formula is C8H9NO+. The highest BCUT2D eigenvalue weighted by Gasteiger charge is 2.23. The molecule has 0 unspecified atom stereocenters. The molecule has 0 atom stereocenters. The molecule has 0 saturated heterocycles. The van der Waals surface area contributed by atoms with Crippen LogP contribution in [0.2, 0.25) is 0 Å². The van der Waals surface area contributed by atoms with Gasteiger partial charge >= 0.3 is 0 Å². The summed E-state index contributed by atoms with van der Waals surface area (Å²) in [6, 6.07) is 0. The molecule has 51 valence electrons. The van der Waals surface area contributed by atoms with Crippen LogP contribution in [0, 0.1) is 0 Å². The lowest BCUT2D eigenvalue weighted by atomic mass is 10.1. The van der Waals surface area contributed by atoms with E-state index in [9.17, 15) is 0 Å². The smallest absolute Gasteiger partial charge is 0.291 e. The van der Waals surface area contributed by atoms with E-state index in [-0.39, 0.29) is 0 Å². The number of hydrogen-bond donors (Lipinski definition) is 0. The first-order valence-corrected chi connectivity index (χ1v) is 3.50. The molecule has 2 rings (SSSR count). The average molecular weight is 135 g/mol. The molecule has 1 radical (unpaired) electrons. The summed E-state index contributed by atoms with van der Waals surface area (Å²) in [7, 11) is 0. The van der Waals surface area contributed by atoms with Gasteiger partial charge in [-0.15, -0.1) is 0 Å². The van der Waals surface area contributed by atoms with E-state index in [1.807, 2.05) is 12.2 Å². The van der Waals surface area contributed by atoms with E-state index in [0.717, 1.165) is 31.0 Å². The number of hydrogen-bond acceptors (Lipinski definition) is 2. The molecule has 2 nitrogen and oxygen atoms in total. The average Bonchev–Trinajstić information content (AvgIpc) is 2.05. The Morgan fingerprint density at radius 3 is 3.40 bits per heavy atom. The van der Waals surface area contributed by atoms with Gasteiger partial charge in [-0.05, 0) is 6.08 Å². The topological polar surface area (TPSA) is 23.3 Å². The van der Waals surface area contributed by atoms with Gasteiger partial charge in [0.15, 0.2) is 12.4 Å². The van der Waals surface area contributed by atoms with Crippen molar-refractivity contribution in [2.45, 2.75) is 6.42 Å². The van der Waals surface area contributed by atoms with Crippen LogP contribution in [0.4, 0.5) is 0 Å². The normalized spacial score (nSPS) is 22.4. The van der Waals surface area contributed by atoms with E-state index in [1.165, 1.54) is 0 Å². The molecule has 2 heteroatoms. The molecule has 1 heterocycles. The van der Waals surface area contributed by atoms with Crippen molar-refractivity contribution in [3.63, 3.8) is 0 Å². The Morgan fingerprint density at radius 1 is 1.50 bits per heavy atom. The molecule has 10 heavy (non-hydrogen) atoms. The van der Waals surface area contributed by atoms with Gasteiger partial charge in [0.25, 0.3) is 5.71 Å². The van der Waals surface area contributed by atoms with Crippen LogP contribution in [0.25, 0.3) is 0 Å². The fourth-order valence-corrected chi connectivity index (χ4v) is 1.14. The number of nitrogens with zero attached hydrogens (tertiary/aromatic N) is 1. The van der Waals surface area contributed by atoms with Crippen LogP contribution in [0.15, 0.2) is 24.0 Å². The van der Waals surface area contributed by atoms with E-state index >= 15 is 0 Å². The van der Waals surface area contributed by atoms with Gasteiger partial charge in [0.1, 0.15) is 0 Å². The number of fused-ring (bicyclic) bond motifs is 1. The summed E-state index contributed by atoms with van der Waals surface area (Å²) in [4.78, 5) is 4.32. The zero-order valence-corrected chi connectivity index (χ0v) is 5.71. The first-order chi connectivity index (χ1) is 4.97. The highest BCUT2D eigenvalue weighted by atomic mass is 16.5. The van der Waals surface area contributed by atoms with Crippen molar-refractivity contribution in [1.29, 1.82) is 0 Å². The van der Waals surface area contributed by atoms with Gasteiger partial charge in [0.2, 0.25) is 6.54 Å². The third-order valence-corrected chi connectivity index (χ3v) is 1.63. The fourth-order valence-electron chi connectivity index (χ4n) is 1.14. The number of rotatable bonds is 0. The minimum absolute atomic E-state index is 0.739. The standard InChI is InChI=1S/C8H9NO/c1-2-4-8-7(3-1)9-5-6-10-8/h1-2,4H,3,5-6H2/q+1. The second-order valence-electron chi connectivity index (χ2n) is 2.34. The van der Waals surface area contributed by atoms with Crippen molar-refractivity contribution in [3.05, 3.63) is 24.0 Å². The SMILES string of the molecule is C1=CCC2=[N+]CCOC2=C1. The number of ether oxygens (including phenoxy) is 1. The van der Waals surface area contributed by atoms with Gasteiger partial charge in [-0.1, -0.05) is 12.2 Å². The fraction of sp³-hybridized carbons (Fsp3) is 0.375. The molecule has 0 aromatic carbocycles. The largest absolute Gasteiger partial charge is 0.480 e. The molecule has 0 N–H and O–H groups in total. The lowest BCUT2D eigenvalue weighted by Crippen LogP contribution is -2.24. The van der Waals surface area contributed by atoms with Gasteiger partial charge < -0.3 is 4.74 Å². The molecule has 0 fully saturated rings. The zero-order valence-electron chi connectivity index (χ0n) is 5.71. The van der Waals surface area contributed by atoms with Crippen molar-refractivity contribution in [1.82, 2.24) is 4.99 Å².